The molecule has 3 heterocycles. The maximum absolute atomic E-state index is 13.7. The van der Waals surface area contributed by atoms with Crippen LogP contribution >= 0.6 is 0 Å². The van der Waals surface area contributed by atoms with Crippen LogP contribution in [0.15, 0.2) is 42.6 Å². The van der Waals surface area contributed by atoms with E-state index < -0.39 is 29.1 Å². The Bertz CT molecular complexity index is 1130. The SMILES string of the molecule is CC(C)(O)CNc1cc(Nc2ccnc(C(F)(F)F)c2)nc(-c2cccc(C(C)(F)F)n2)n1. The van der Waals surface area contributed by atoms with Gasteiger partial charge in [-0.3, -0.25) is 4.98 Å². The quantitative estimate of drug-likeness (QED) is 0.421. The lowest BCUT2D eigenvalue weighted by Crippen LogP contribution is -2.29. The minimum atomic E-state index is -4.64. The Morgan fingerprint density at radius 3 is 2.21 bits per heavy atom. The van der Waals surface area contributed by atoms with E-state index in [1.165, 1.54) is 24.3 Å². The number of anilines is 3. The van der Waals surface area contributed by atoms with Crippen molar-refractivity contribution >= 4 is 17.3 Å². The normalized spacial score (nSPS) is 12.5. The Morgan fingerprint density at radius 2 is 1.58 bits per heavy atom. The summed E-state index contributed by atoms with van der Waals surface area (Å²) in [7, 11) is 0. The van der Waals surface area contributed by atoms with E-state index in [-0.39, 0.29) is 35.4 Å². The fourth-order valence-electron chi connectivity index (χ4n) is 2.64. The highest BCUT2D eigenvalue weighted by Gasteiger charge is 2.32. The van der Waals surface area contributed by atoms with Gasteiger partial charge < -0.3 is 15.7 Å². The predicted octanol–water partition coefficient (Wildman–Crippen LogP) is 4.99. The molecule has 176 valence electrons. The molecule has 0 amide bonds. The van der Waals surface area contributed by atoms with Crippen molar-refractivity contribution in [2.75, 3.05) is 17.2 Å². The van der Waals surface area contributed by atoms with Gasteiger partial charge in [-0.05, 0) is 38.1 Å². The molecule has 3 rings (SSSR count). The van der Waals surface area contributed by atoms with Crippen molar-refractivity contribution in [1.82, 2.24) is 19.9 Å². The third-order valence-electron chi connectivity index (χ3n) is 4.18. The number of nitrogens with one attached hydrogen (secondary N) is 2. The molecule has 3 aromatic heterocycles. The Labute approximate surface area is 186 Å². The number of rotatable bonds is 7. The molecule has 0 unspecified atom stereocenters. The topological polar surface area (TPSA) is 95.8 Å². The summed E-state index contributed by atoms with van der Waals surface area (Å²) in [5.74, 6) is -2.97. The van der Waals surface area contributed by atoms with Crippen molar-refractivity contribution in [3.63, 3.8) is 0 Å². The lowest BCUT2D eigenvalue weighted by atomic mass is 10.1. The highest BCUT2D eigenvalue weighted by molar-refractivity contribution is 5.64. The van der Waals surface area contributed by atoms with E-state index in [0.29, 0.717) is 6.92 Å². The monoisotopic (exact) mass is 468 g/mol. The molecule has 0 bridgehead atoms. The number of hydrogen-bond donors (Lipinski definition) is 3. The van der Waals surface area contributed by atoms with Gasteiger partial charge >= 0.3 is 6.18 Å². The minimum absolute atomic E-state index is 0.0368. The maximum atomic E-state index is 13.7. The summed E-state index contributed by atoms with van der Waals surface area (Å²) < 4.78 is 66.4. The molecule has 7 nitrogen and oxygen atoms in total. The first-order chi connectivity index (χ1) is 15.2. The van der Waals surface area contributed by atoms with E-state index >= 15 is 0 Å². The predicted molar refractivity (Wildman–Crippen MR) is 112 cm³/mol. The Hall–Kier alpha value is -3.41. The third-order valence-corrected chi connectivity index (χ3v) is 4.18. The number of aliphatic hydroxyl groups is 1. The van der Waals surface area contributed by atoms with Gasteiger partial charge in [0.05, 0.1) is 5.60 Å². The molecule has 0 aliphatic rings. The Morgan fingerprint density at radius 1 is 0.879 bits per heavy atom. The average molecular weight is 468 g/mol. The molecule has 33 heavy (non-hydrogen) atoms. The van der Waals surface area contributed by atoms with Gasteiger partial charge in [-0.1, -0.05) is 6.07 Å². The molecule has 0 radical (unpaired) electrons. The van der Waals surface area contributed by atoms with Crippen LogP contribution in [-0.2, 0) is 12.1 Å². The summed E-state index contributed by atoms with van der Waals surface area (Å²) in [6, 6.07) is 7.50. The number of halogens is 5. The summed E-state index contributed by atoms with van der Waals surface area (Å²) in [5.41, 5.74) is -2.60. The molecular weight excluding hydrogens is 447 g/mol. The van der Waals surface area contributed by atoms with Crippen molar-refractivity contribution in [2.45, 2.75) is 38.5 Å². The van der Waals surface area contributed by atoms with E-state index in [9.17, 15) is 27.1 Å². The second-order valence-corrected chi connectivity index (χ2v) is 7.98. The van der Waals surface area contributed by atoms with E-state index in [2.05, 4.69) is 30.6 Å². The van der Waals surface area contributed by atoms with Crippen LogP contribution in [0.2, 0.25) is 0 Å². The molecule has 0 aliphatic carbocycles. The second-order valence-electron chi connectivity index (χ2n) is 7.98. The van der Waals surface area contributed by atoms with Crippen molar-refractivity contribution in [2.24, 2.45) is 0 Å². The molecular formula is C21H21F5N6O. The van der Waals surface area contributed by atoms with Crippen LogP contribution in [0.5, 0.6) is 0 Å². The van der Waals surface area contributed by atoms with E-state index in [4.69, 9.17) is 0 Å². The van der Waals surface area contributed by atoms with Crippen LogP contribution in [0, 0.1) is 0 Å². The Balaban J connectivity index is 2.02. The molecule has 0 fully saturated rings. The first kappa shape index (κ1) is 24.2. The highest BCUT2D eigenvalue weighted by atomic mass is 19.4. The van der Waals surface area contributed by atoms with Gasteiger partial charge in [0.1, 0.15) is 28.7 Å². The zero-order chi connectivity index (χ0) is 24.4. The molecule has 0 spiro atoms. The van der Waals surface area contributed by atoms with E-state index in [1.807, 2.05) is 0 Å². The summed E-state index contributed by atoms with van der Waals surface area (Å²) in [6.45, 7) is 3.91. The van der Waals surface area contributed by atoms with Crippen molar-refractivity contribution in [3.05, 3.63) is 54.0 Å². The van der Waals surface area contributed by atoms with Gasteiger partial charge in [0.25, 0.3) is 5.92 Å². The van der Waals surface area contributed by atoms with Crippen LogP contribution in [-0.4, -0.2) is 37.2 Å². The Kier molecular flexibility index (Phi) is 6.50. The molecule has 0 atom stereocenters. The van der Waals surface area contributed by atoms with Gasteiger partial charge in [0.15, 0.2) is 5.82 Å². The maximum Gasteiger partial charge on any atom is 0.433 e. The summed E-state index contributed by atoms with van der Waals surface area (Å²) in [6.07, 6.45) is -3.64. The number of nitrogens with zero attached hydrogens (tertiary/aromatic N) is 4. The van der Waals surface area contributed by atoms with Gasteiger partial charge in [0, 0.05) is 31.4 Å². The van der Waals surface area contributed by atoms with Crippen LogP contribution in [0.25, 0.3) is 11.5 Å². The minimum Gasteiger partial charge on any atom is -0.389 e. The molecule has 0 aliphatic heterocycles. The second kappa shape index (κ2) is 8.85. The largest absolute Gasteiger partial charge is 0.433 e. The van der Waals surface area contributed by atoms with Crippen LogP contribution in [0.1, 0.15) is 32.2 Å². The average Bonchev–Trinajstić information content (AvgIpc) is 2.71. The first-order valence-electron chi connectivity index (χ1n) is 9.72. The lowest BCUT2D eigenvalue weighted by molar-refractivity contribution is -0.141. The molecule has 0 saturated carbocycles. The van der Waals surface area contributed by atoms with Crippen LogP contribution < -0.4 is 10.6 Å². The highest BCUT2D eigenvalue weighted by Crippen LogP contribution is 2.31. The van der Waals surface area contributed by atoms with Crippen molar-refractivity contribution in [3.8, 4) is 11.5 Å². The third kappa shape index (κ3) is 6.78. The van der Waals surface area contributed by atoms with E-state index in [1.54, 1.807) is 13.8 Å². The molecule has 3 aromatic rings. The zero-order valence-corrected chi connectivity index (χ0v) is 17.9. The van der Waals surface area contributed by atoms with Crippen molar-refractivity contribution in [1.29, 1.82) is 0 Å². The van der Waals surface area contributed by atoms with Gasteiger partial charge in [-0.25, -0.2) is 15.0 Å². The van der Waals surface area contributed by atoms with Gasteiger partial charge in [0.2, 0.25) is 0 Å². The van der Waals surface area contributed by atoms with E-state index in [0.717, 1.165) is 18.3 Å². The molecule has 0 aromatic carbocycles. The van der Waals surface area contributed by atoms with Crippen LogP contribution in [0.4, 0.5) is 39.3 Å². The number of aromatic nitrogens is 4. The van der Waals surface area contributed by atoms with Crippen LogP contribution in [0.3, 0.4) is 0 Å². The van der Waals surface area contributed by atoms with Gasteiger partial charge in [-0.15, -0.1) is 0 Å². The summed E-state index contributed by atoms with van der Waals surface area (Å²) in [4.78, 5) is 15.7. The molecule has 12 heteroatoms. The van der Waals surface area contributed by atoms with Crippen molar-refractivity contribution < 1.29 is 27.1 Å². The lowest BCUT2D eigenvalue weighted by Gasteiger charge is -2.19. The molecule has 0 saturated heterocycles. The smallest absolute Gasteiger partial charge is 0.389 e. The standard InChI is InChI=1S/C21H21F5N6O/c1-19(2,33)11-28-16-10-17(29-12-7-8-27-15(9-12)21(24,25)26)32-18(31-16)13-5-4-6-14(30-13)20(3,22)23/h4-10,33H,11H2,1-3H3,(H2,27,28,29,31,32). The summed E-state index contributed by atoms with van der Waals surface area (Å²) >= 11 is 0. The zero-order valence-electron chi connectivity index (χ0n) is 17.9. The summed E-state index contributed by atoms with van der Waals surface area (Å²) in [5, 5.41) is 15.6. The fourth-order valence-corrected chi connectivity index (χ4v) is 2.64. The number of pyridine rings is 2. The fraction of sp³-hybridized carbons (Fsp3) is 0.333. The first-order valence-corrected chi connectivity index (χ1v) is 9.72. The molecule has 3 N–H and O–H groups in total. The number of hydrogen-bond acceptors (Lipinski definition) is 7. The number of alkyl halides is 5. The van der Waals surface area contributed by atoms with Gasteiger partial charge in [-0.2, -0.15) is 22.0 Å².